The van der Waals surface area contributed by atoms with E-state index < -0.39 is 5.97 Å². The molecule has 140 valence electrons. The van der Waals surface area contributed by atoms with E-state index in [2.05, 4.69) is 25.6 Å². The number of aryl methyl sites for hydroxylation is 1. The zero-order valence-electron chi connectivity index (χ0n) is 14.5. The number of esters is 1. The van der Waals surface area contributed by atoms with E-state index in [1.165, 1.54) is 7.11 Å². The van der Waals surface area contributed by atoms with Crippen molar-refractivity contribution in [2.24, 2.45) is 0 Å². The Bertz CT molecular complexity index is 806. The number of carbonyl (C=O) groups is 2. The zero-order chi connectivity index (χ0) is 17.8. The number of amides is 1. The van der Waals surface area contributed by atoms with Gasteiger partial charge in [0.25, 0.3) is 5.91 Å². The number of halogens is 1. The van der Waals surface area contributed by atoms with Crippen molar-refractivity contribution in [3.05, 3.63) is 40.7 Å². The molecule has 8 nitrogen and oxygen atoms in total. The second-order valence-corrected chi connectivity index (χ2v) is 5.75. The number of carbonyl (C=O) groups excluding carboxylic acids is 2. The number of benzene rings is 1. The first-order valence-corrected chi connectivity index (χ1v) is 7.97. The number of H-pyrrole nitrogens is 1. The number of anilines is 1. The minimum atomic E-state index is -0.452. The Morgan fingerprint density at radius 2 is 2.15 bits per heavy atom. The molecule has 0 aliphatic carbocycles. The topological polar surface area (TPSA) is 105 Å². The third kappa shape index (κ3) is 4.33. The van der Waals surface area contributed by atoms with Crippen molar-refractivity contribution in [2.75, 3.05) is 25.6 Å². The zero-order valence-corrected chi connectivity index (χ0v) is 15.4. The van der Waals surface area contributed by atoms with Crippen molar-refractivity contribution in [3.8, 4) is 5.75 Å². The summed E-state index contributed by atoms with van der Waals surface area (Å²) >= 11 is 0. The lowest BCUT2D eigenvalue weighted by atomic mass is 10.1. The number of aromatic nitrogens is 2. The van der Waals surface area contributed by atoms with E-state index in [1.807, 2.05) is 6.92 Å². The highest BCUT2D eigenvalue weighted by atomic mass is 35.5. The average molecular weight is 381 g/mol. The third-order valence-corrected chi connectivity index (χ3v) is 4.05. The maximum atomic E-state index is 12.5. The van der Waals surface area contributed by atoms with E-state index in [4.69, 9.17) is 4.74 Å². The number of ether oxygens (including phenoxy) is 2. The molecular weight excluding hydrogens is 360 g/mol. The number of hydrogen-bond donors (Lipinski definition) is 3. The van der Waals surface area contributed by atoms with Gasteiger partial charge in [-0.3, -0.25) is 9.89 Å². The summed E-state index contributed by atoms with van der Waals surface area (Å²) in [6.45, 7) is 3.20. The van der Waals surface area contributed by atoms with Crippen molar-refractivity contribution in [2.45, 2.75) is 19.9 Å². The second-order valence-electron chi connectivity index (χ2n) is 5.75. The normalized spacial score (nSPS) is 12.5. The maximum Gasteiger partial charge on any atom is 0.343 e. The fraction of sp³-hybridized carbons (Fsp3) is 0.353. The summed E-state index contributed by atoms with van der Waals surface area (Å²) in [4.78, 5) is 23.6. The molecule has 3 rings (SSSR count). The minimum Gasteiger partial charge on any atom is -0.482 e. The number of hydrogen-bond acceptors (Lipinski definition) is 6. The maximum absolute atomic E-state index is 12.5. The molecule has 1 aliphatic heterocycles. The summed E-state index contributed by atoms with van der Waals surface area (Å²) in [6, 6.07) is 5.17. The van der Waals surface area contributed by atoms with Gasteiger partial charge in [-0.25, -0.2) is 4.79 Å². The highest BCUT2D eigenvalue weighted by Crippen LogP contribution is 2.23. The van der Waals surface area contributed by atoms with Crippen LogP contribution in [-0.4, -0.2) is 42.3 Å². The predicted molar refractivity (Wildman–Crippen MR) is 97.9 cm³/mol. The van der Waals surface area contributed by atoms with Gasteiger partial charge >= 0.3 is 5.97 Å². The molecule has 1 aromatic heterocycles. The molecule has 1 aromatic carbocycles. The Labute approximate surface area is 157 Å². The summed E-state index contributed by atoms with van der Waals surface area (Å²) in [6.07, 6.45) is 0.834. The monoisotopic (exact) mass is 380 g/mol. The average Bonchev–Trinajstić information content (AvgIpc) is 3.06. The smallest absolute Gasteiger partial charge is 0.343 e. The summed E-state index contributed by atoms with van der Waals surface area (Å²) in [5.74, 6) is -0.179. The molecule has 3 N–H and O–H groups in total. The van der Waals surface area contributed by atoms with Crippen molar-refractivity contribution in [3.63, 3.8) is 0 Å². The molecule has 0 atom stereocenters. The highest BCUT2D eigenvalue weighted by Gasteiger charge is 2.22. The number of aromatic amines is 1. The molecule has 26 heavy (non-hydrogen) atoms. The van der Waals surface area contributed by atoms with E-state index in [-0.39, 0.29) is 24.9 Å². The van der Waals surface area contributed by atoms with E-state index in [0.29, 0.717) is 23.7 Å². The molecule has 1 amide bonds. The van der Waals surface area contributed by atoms with Crippen LogP contribution in [0.15, 0.2) is 18.2 Å². The van der Waals surface area contributed by atoms with Crippen molar-refractivity contribution in [1.29, 1.82) is 0 Å². The van der Waals surface area contributed by atoms with Crippen LogP contribution in [-0.2, 0) is 22.5 Å². The Balaban J connectivity index is 0.00000243. The molecular formula is C17H21ClN4O4. The first kappa shape index (κ1) is 19.7. The van der Waals surface area contributed by atoms with E-state index in [1.54, 1.807) is 18.2 Å². The molecule has 9 heteroatoms. The quantitative estimate of drug-likeness (QED) is 0.680. The van der Waals surface area contributed by atoms with Crippen molar-refractivity contribution >= 4 is 30.0 Å². The van der Waals surface area contributed by atoms with E-state index >= 15 is 0 Å². The molecule has 0 spiro atoms. The van der Waals surface area contributed by atoms with Gasteiger partial charge in [-0.2, -0.15) is 5.10 Å². The summed E-state index contributed by atoms with van der Waals surface area (Å²) in [7, 11) is 1.30. The van der Waals surface area contributed by atoms with Gasteiger partial charge in [0, 0.05) is 36.5 Å². The van der Waals surface area contributed by atoms with Gasteiger partial charge in [0.2, 0.25) is 0 Å². The molecule has 0 saturated carbocycles. The van der Waals surface area contributed by atoms with Gasteiger partial charge in [-0.1, -0.05) is 0 Å². The SMILES string of the molecule is COC(=O)COc1ccc(NC(=O)c2n[nH]c3c2CNCC3)c(C)c1.Cl. The first-order chi connectivity index (χ1) is 12.1. The molecule has 0 bridgehead atoms. The number of nitrogens with zero attached hydrogens (tertiary/aromatic N) is 1. The Kier molecular flexibility index (Phi) is 6.59. The number of nitrogens with one attached hydrogen (secondary N) is 3. The molecule has 1 aliphatic rings. The fourth-order valence-corrected chi connectivity index (χ4v) is 2.66. The van der Waals surface area contributed by atoms with E-state index in [0.717, 1.165) is 29.8 Å². The van der Waals surface area contributed by atoms with Crippen LogP contribution < -0.4 is 15.4 Å². The van der Waals surface area contributed by atoms with Crippen LogP contribution in [0, 0.1) is 6.92 Å². The lowest BCUT2D eigenvalue weighted by Crippen LogP contribution is -2.25. The number of rotatable bonds is 5. The Morgan fingerprint density at radius 1 is 1.35 bits per heavy atom. The van der Waals surface area contributed by atoms with Crippen LogP contribution >= 0.6 is 12.4 Å². The van der Waals surface area contributed by atoms with Gasteiger partial charge in [0.05, 0.1) is 7.11 Å². The van der Waals surface area contributed by atoms with Gasteiger partial charge in [-0.05, 0) is 30.7 Å². The van der Waals surface area contributed by atoms with Crippen molar-refractivity contribution in [1.82, 2.24) is 15.5 Å². The molecule has 0 unspecified atom stereocenters. The van der Waals surface area contributed by atoms with Crippen LogP contribution in [0.2, 0.25) is 0 Å². The lowest BCUT2D eigenvalue weighted by molar-refractivity contribution is -0.142. The molecule has 0 radical (unpaired) electrons. The largest absolute Gasteiger partial charge is 0.482 e. The molecule has 2 aromatic rings. The predicted octanol–water partition coefficient (Wildman–Crippen LogP) is 1.59. The Morgan fingerprint density at radius 3 is 2.88 bits per heavy atom. The summed E-state index contributed by atoms with van der Waals surface area (Å²) in [5.41, 5.74) is 3.81. The molecule has 2 heterocycles. The Hall–Kier alpha value is -2.58. The minimum absolute atomic E-state index is 0. The van der Waals surface area contributed by atoms with Gasteiger partial charge < -0.3 is 20.1 Å². The molecule has 0 fully saturated rings. The van der Waals surface area contributed by atoms with Gasteiger partial charge in [-0.15, -0.1) is 12.4 Å². The van der Waals surface area contributed by atoms with Crippen LogP contribution in [0.25, 0.3) is 0 Å². The van der Waals surface area contributed by atoms with Crippen molar-refractivity contribution < 1.29 is 19.1 Å². The van der Waals surface area contributed by atoms with E-state index in [9.17, 15) is 9.59 Å². The lowest BCUT2D eigenvalue weighted by Gasteiger charge is -2.14. The third-order valence-electron chi connectivity index (χ3n) is 4.05. The fourth-order valence-electron chi connectivity index (χ4n) is 2.66. The van der Waals surface area contributed by atoms with Gasteiger partial charge in [0.15, 0.2) is 12.3 Å². The van der Waals surface area contributed by atoms with Crippen LogP contribution in [0.4, 0.5) is 5.69 Å². The number of fused-ring (bicyclic) bond motifs is 1. The van der Waals surface area contributed by atoms with Crippen LogP contribution in [0.5, 0.6) is 5.75 Å². The highest BCUT2D eigenvalue weighted by molar-refractivity contribution is 6.04. The first-order valence-electron chi connectivity index (χ1n) is 7.97. The number of methoxy groups -OCH3 is 1. The second kappa shape index (κ2) is 8.68. The standard InChI is InChI=1S/C17H20N4O4.ClH/c1-10-7-11(25-9-15(22)24-2)3-4-13(10)19-17(23)16-12-8-18-6-5-14(12)20-21-16;/h3-4,7,18H,5-6,8-9H2,1-2H3,(H,19,23)(H,20,21);1H. The van der Waals surface area contributed by atoms with Gasteiger partial charge in [0.1, 0.15) is 5.75 Å². The molecule has 0 saturated heterocycles. The van der Waals surface area contributed by atoms with Crippen LogP contribution in [0.1, 0.15) is 27.3 Å². The summed E-state index contributed by atoms with van der Waals surface area (Å²) < 4.78 is 9.86. The summed E-state index contributed by atoms with van der Waals surface area (Å²) in [5, 5.41) is 13.2. The van der Waals surface area contributed by atoms with Crippen LogP contribution in [0.3, 0.4) is 0 Å².